The first-order valence-corrected chi connectivity index (χ1v) is 12.7. The van der Waals surface area contributed by atoms with Gasteiger partial charge in [0.25, 0.3) is 5.56 Å². The van der Waals surface area contributed by atoms with E-state index in [4.69, 9.17) is 9.47 Å². The number of carbonyl (C=O) groups is 1. The molecule has 0 aliphatic carbocycles. The van der Waals surface area contributed by atoms with E-state index in [1.165, 1.54) is 10.6 Å². The van der Waals surface area contributed by atoms with Gasteiger partial charge in [-0.15, -0.1) is 11.3 Å². The fraction of sp³-hybridized carbons (Fsp3) is 0.381. The van der Waals surface area contributed by atoms with Gasteiger partial charge in [0, 0.05) is 23.7 Å². The van der Waals surface area contributed by atoms with Crippen molar-refractivity contribution in [3.05, 3.63) is 45.8 Å². The summed E-state index contributed by atoms with van der Waals surface area (Å²) in [6.45, 7) is 4.81. The molecule has 4 rings (SSSR count). The first-order valence-electron chi connectivity index (χ1n) is 10.4. The van der Waals surface area contributed by atoms with E-state index in [2.05, 4.69) is 10.3 Å². The summed E-state index contributed by atoms with van der Waals surface area (Å²) in [5.41, 5.74) is -0.0227. The molecule has 1 amide bonds. The number of ether oxygens (including phenoxy) is 2. The quantitative estimate of drug-likeness (QED) is 0.534. The molecule has 3 heterocycles. The third kappa shape index (κ3) is 4.78. The van der Waals surface area contributed by atoms with Gasteiger partial charge in [-0.2, -0.15) is 4.31 Å². The third-order valence-electron chi connectivity index (χ3n) is 5.13. The molecule has 0 radical (unpaired) electrons. The molecule has 1 fully saturated rings. The molecule has 0 atom stereocenters. The van der Waals surface area contributed by atoms with Crippen LogP contribution in [0, 0.1) is 6.92 Å². The number of hydrogen-bond acceptors (Lipinski definition) is 8. The Hall–Kier alpha value is -2.80. The molecular weight excluding hydrogens is 468 g/mol. The summed E-state index contributed by atoms with van der Waals surface area (Å²) in [5, 5.41) is 2.73. The molecule has 12 heteroatoms. The van der Waals surface area contributed by atoms with Gasteiger partial charge in [0.2, 0.25) is 15.9 Å². The molecule has 0 unspecified atom stereocenters. The number of morpholine rings is 1. The standard InChI is InChI=1S/C21H24N4O6S2/c1-3-31-16-6-4-15(5-7-16)23-17(26)12-24-13-22-20-18(21(24)27)19(14(2)32-20)33(28,29)25-8-10-30-11-9-25/h4-7,13H,3,8-12H2,1-2H3,(H,23,26). The zero-order chi connectivity index (χ0) is 23.6. The average Bonchev–Trinajstić information content (AvgIpc) is 3.15. The van der Waals surface area contributed by atoms with Crippen LogP contribution in [0.15, 0.2) is 40.3 Å². The molecule has 3 aromatic rings. The summed E-state index contributed by atoms with van der Waals surface area (Å²) < 4.78 is 39.7. The van der Waals surface area contributed by atoms with Crippen LogP contribution >= 0.6 is 11.3 Å². The molecule has 1 aromatic carbocycles. The number of rotatable bonds is 7. The molecule has 10 nitrogen and oxygen atoms in total. The number of aromatic nitrogens is 2. The van der Waals surface area contributed by atoms with Crippen LogP contribution < -0.4 is 15.6 Å². The first kappa shape index (κ1) is 23.4. The molecule has 0 spiro atoms. The van der Waals surface area contributed by atoms with Gasteiger partial charge in [0.15, 0.2) is 0 Å². The Morgan fingerprint density at radius 1 is 1.24 bits per heavy atom. The summed E-state index contributed by atoms with van der Waals surface area (Å²) in [6, 6.07) is 6.86. The topological polar surface area (TPSA) is 120 Å². The van der Waals surface area contributed by atoms with Crippen LogP contribution in [0.25, 0.3) is 10.2 Å². The van der Waals surface area contributed by atoms with Crippen LogP contribution in [-0.4, -0.2) is 61.1 Å². The van der Waals surface area contributed by atoms with Crippen molar-refractivity contribution in [1.82, 2.24) is 13.9 Å². The maximum Gasteiger partial charge on any atom is 0.263 e. The van der Waals surface area contributed by atoms with E-state index in [0.29, 0.717) is 41.0 Å². The van der Waals surface area contributed by atoms with Crippen molar-refractivity contribution in [3.8, 4) is 5.75 Å². The minimum absolute atomic E-state index is 0.0142. The predicted octanol–water partition coefficient (Wildman–Crippen LogP) is 1.82. The second kappa shape index (κ2) is 9.59. The van der Waals surface area contributed by atoms with E-state index >= 15 is 0 Å². The van der Waals surface area contributed by atoms with Gasteiger partial charge in [0.05, 0.1) is 31.5 Å². The molecule has 0 saturated carbocycles. The van der Waals surface area contributed by atoms with Crippen molar-refractivity contribution in [2.75, 3.05) is 38.2 Å². The van der Waals surface area contributed by atoms with Crippen LogP contribution in [-0.2, 0) is 26.1 Å². The van der Waals surface area contributed by atoms with Crippen LogP contribution in [0.5, 0.6) is 5.75 Å². The second-order valence-corrected chi connectivity index (χ2v) is 10.4. The second-order valence-electron chi connectivity index (χ2n) is 7.37. The Labute approximate surface area is 194 Å². The lowest BCUT2D eigenvalue weighted by molar-refractivity contribution is -0.116. The van der Waals surface area contributed by atoms with Gasteiger partial charge in [-0.1, -0.05) is 0 Å². The lowest BCUT2D eigenvalue weighted by Gasteiger charge is -2.26. The molecule has 176 valence electrons. The van der Waals surface area contributed by atoms with Crippen molar-refractivity contribution in [3.63, 3.8) is 0 Å². The van der Waals surface area contributed by atoms with E-state index < -0.39 is 21.5 Å². The Kier molecular flexibility index (Phi) is 6.79. The molecule has 1 saturated heterocycles. The van der Waals surface area contributed by atoms with E-state index in [9.17, 15) is 18.0 Å². The fourth-order valence-electron chi connectivity index (χ4n) is 3.61. The minimum atomic E-state index is -3.90. The lowest BCUT2D eigenvalue weighted by Crippen LogP contribution is -2.41. The number of nitrogens with zero attached hydrogens (tertiary/aromatic N) is 3. The Morgan fingerprint density at radius 3 is 2.61 bits per heavy atom. The number of carbonyl (C=O) groups excluding carboxylic acids is 1. The van der Waals surface area contributed by atoms with Crippen LogP contribution in [0.4, 0.5) is 5.69 Å². The first-order chi connectivity index (χ1) is 15.8. The SMILES string of the molecule is CCOc1ccc(NC(=O)Cn2cnc3sc(C)c(S(=O)(=O)N4CCOCC4)c3c2=O)cc1. The minimum Gasteiger partial charge on any atom is -0.494 e. The van der Waals surface area contributed by atoms with E-state index in [-0.39, 0.29) is 29.9 Å². The van der Waals surface area contributed by atoms with Crippen molar-refractivity contribution in [2.24, 2.45) is 0 Å². The molecule has 2 aromatic heterocycles. The highest BCUT2D eigenvalue weighted by atomic mass is 32.2. The highest BCUT2D eigenvalue weighted by Crippen LogP contribution is 2.33. The Balaban J connectivity index is 1.62. The van der Waals surface area contributed by atoms with Crippen molar-refractivity contribution in [1.29, 1.82) is 0 Å². The Bertz CT molecular complexity index is 1330. The van der Waals surface area contributed by atoms with Crippen molar-refractivity contribution < 1.29 is 22.7 Å². The van der Waals surface area contributed by atoms with E-state index in [0.717, 1.165) is 15.9 Å². The lowest BCUT2D eigenvalue weighted by atomic mass is 10.3. The van der Waals surface area contributed by atoms with Gasteiger partial charge in [-0.05, 0) is 38.1 Å². The summed E-state index contributed by atoms with van der Waals surface area (Å²) in [5.74, 6) is 0.246. The van der Waals surface area contributed by atoms with Gasteiger partial charge >= 0.3 is 0 Å². The average molecular weight is 493 g/mol. The number of benzene rings is 1. The van der Waals surface area contributed by atoms with Crippen LogP contribution in [0.2, 0.25) is 0 Å². The number of nitrogens with one attached hydrogen (secondary N) is 1. The summed E-state index contributed by atoms with van der Waals surface area (Å²) in [6.07, 6.45) is 1.27. The highest BCUT2D eigenvalue weighted by molar-refractivity contribution is 7.89. The van der Waals surface area contributed by atoms with Gasteiger partial charge in [-0.25, -0.2) is 13.4 Å². The van der Waals surface area contributed by atoms with E-state index in [1.807, 2.05) is 6.92 Å². The number of aryl methyl sites for hydroxylation is 1. The third-order valence-corrected chi connectivity index (χ3v) is 8.34. The van der Waals surface area contributed by atoms with Gasteiger partial charge in [0.1, 0.15) is 22.0 Å². The number of sulfonamides is 1. The monoisotopic (exact) mass is 492 g/mol. The zero-order valence-corrected chi connectivity index (χ0v) is 19.9. The fourth-order valence-corrected chi connectivity index (χ4v) is 6.68. The van der Waals surface area contributed by atoms with Gasteiger partial charge < -0.3 is 14.8 Å². The Morgan fingerprint density at radius 2 is 1.94 bits per heavy atom. The van der Waals surface area contributed by atoms with Gasteiger partial charge in [-0.3, -0.25) is 14.2 Å². The zero-order valence-electron chi connectivity index (χ0n) is 18.2. The summed E-state index contributed by atoms with van der Waals surface area (Å²) in [4.78, 5) is 30.8. The van der Waals surface area contributed by atoms with Crippen LogP contribution in [0.3, 0.4) is 0 Å². The van der Waals surface area contributed by atoms with Crippen LogP contribution in [0.1, 0.15) is 11.8 Å². The van der Waals surface area contributed by atoms with E-state index in [1.54, 1.807) is 31.2 Å². The number of hydrogen-bond donors (Lipinski definition) is 1. The smallest absolute Gasteiger partial charge is 0.263 e. The molecule has 33 heavy (non-hydrogen) atoms. The normalized spacial score (nSPS) is 15.0. The molecular formula is C21H24N4O6S2. The maximum absolute atomic E-state index is 13.3. The van der Waals surface area contributed by atoms with Crippen molar-refractivity contribution >= 4 is 43.2 Å². The summed E-state index contributed by atoms with van der Waals surface area (Å²) >= 11 is 1.15. The molecule has 1 N–H and O–H groups in total. The number of amides is 1. The molecule has 0 bridgehead atoms. The summed E-state index contributed by atoms with van der Waals surface area (Å²) in [7, 11) is -3.90. The highest BCUT2D eigenvalue weighted by Gasteiger charge is 2.32. The molecule has 1 aliphatic rings. The largest absolute Gasteiger partial charge is 0.494 e. The van der Waals surface area contributed by atoms with Crippen molar-refractivity contribution in [2.45, 2.75) is 25.3 Å². The number of thiophene rings is 1. The molecule has 1 aliphatic heterocycles. The number of fused-ring (bicyclic) bond motifs is 1. The predicted molar refractivity (Wildman–Crippen MR) is 124 cm³/mol. The number of anilines is 1. The maximum atomic E-state index is 13.3.